The summed E-state index contributed by atoms with van der Waals surface area (Å²) in [6.07, 6.45) is 4.16. The predicted octanol–water partition coefficient (Wildman–Crippen LogP) is 2.37. The summed E-state index contributed by atoms with van der Waals surface area (Å²) in [6, 6.07) is 5.03. The molecule has 0 aromatic heterocycles. The van der Waals surface area contributed by atoms with Gasteiger partial charge in [-0.05, 0) is 43.1 Å². The average molecular weight is 191 g/mol. The molecule has 0 heterocycles. The molecule has 0 unspecified atom stereocenters. The number of fused-ring (bicyclic) bond motifs is 1. The molecule has 1 aliphatic rings. The van der Waals surface area contributed by atoms with Gasteiger partial charge in [0.05, 0.1) is 0 Å². The van der Waals surface area contributed by atoms with Crippen molar-refractivity contribution in [3.05, 3.63) is 40.7 Å². The maximum Gasteiger partial charge on any atom is 0.123 e. The zero-order valence-electron chi connectivity index (χ0n) is 8.31. The highest BCUT2D eigenvalue weighted by Crippen LogP contribution is 2.23. The quantitative estimate of drug-likeness (QED) is 0.756. The van der Waals surface area contributed by atoms with Gasteiger partial charge in [-0.2, -0.15) is 0 Å². The van der Waals surface area contributed by atoms with Gasteiger partial charge in [0, 0.05) is 6.54 Å². The van der Waals surface area contributed by atoms with Crippen LogP contribution in [0.5, 0.6) is 0 Å². The molecule has 0 atom stereocenters. The molecule has 0 fully saturated rings. The van der Waals surface area contributed by atoms with Crippen molar-refractivity contribution in [2.45, 2.75) is 12.8 Å². The molecule has 1 aromatic carbocycles. The smallest absolute Gasteiger partial charge is 0.123 e. The van der Waals surface area contributed by atoms with Crippen molar-refractivity contribution in [3.8, 4) is 0 Å². The van der Waals surface area contributed by atoms with Gasteiger partial charge >= 0.3 is 0 Å². The minimum absolute atomic E-state index is 0.130. The van der Waals surface area contributed by atoms with E-state index in [0.717, 1.165) is 24.9 Å². The molecular formula is C12H14FN. The zero-order valence-corrected chi connectivity index (χ0v) is 8.31. The summed E-state index contributed by atoms with van der Waals surface area (Å²) in [5, 5.41) is 3.14. The molecule has 0 aliphatic heterocycles. The third-order valence-corrected chi connectivity index (χ3v) is 2.58. The Kier molecular flexibility index (Phi) is 2.64. The topological polar surface area (TPSA) is 12.0 Å². The Bertz CT molecular complexity index is 369. The first-order chi connectivity index (χ1) is 6.79. The SMILES string of the molecule is CNCC1=Cc2ccc(F)cc2CC1. The second-order valence-corrected chi connectivity index (χ2v) is 3.68. The molecule has 1 nitrogen and oxygen atoms in total. The van der Waals surface area contributed by atoms with Crippen LogP contribution in [0.15, 0.2) is 23.8 Å². The highest BCUT2D eigenvalue weighted by Gasteiger charge is 2.10. The largest absolute Gasteiger partial charge is 0.316 e. The highest BCUT2D eigenvalue weighted by atomic mass is 19.1. The van der Waals surface area contributed by atoms with Crippen molar-refractivity contribution >= 4 is 6.08 Å². The first-order valence-corrected chi connectivity index (χ1v) is 4.92. The number of aryl methyl sites for hydroxylation is 1. The fourth-order valence-electron chi connectivity index (χ4n) is 1.89. The van der Waals surface area contributed by atoms with Gasteiger partial charge in [-0.3, -0.25) is 0 Å². The number of rotatable bonds is 2. The van der Waals surface area contributed by atoms with E-state index in [1.54, 1.807) is 6.07 Å². The molecule has 74 valence electrons. The third kappa shape index (κ3) is 1.85. The van der Waals surface area contributed by atoms with E-state index >= 15 is 0 Å². The van der Waals surface area contributed by atoms with Crippen LogP contribution in [-0.4, -0.2) is 13.6 Å². The number of nitrogens with one attached hydrogen (secondary N) is 1. The number of halogens is 1. The lowest BCUT2D eigenvalue weighted by Crippen LogP contribution is -2.13. The van der Waals surface area contributed by atoms with E-state index < -0.39 is 0 Å². The minimum atomic E-state index is -0.130. The van der Waals surface area contributed by atoms with Gasteiger partial charge in [-0.1, -0.05) is 17.7 Å². The highest BCUT2D eigenvalue weighted by molar-refractivity contribution is 5.59. The first kappa shape index (κ1) is 9.41. The maximum atomic E-state index is 12.9. The molecule has 0 radical (unpaired) electrons. The van der Waals surface area contributed by atoms with Crippen molar-refractivity contribution in [3.63, 3.8) is 0 Å². The standard InChI is InChI=1S/C12H14FN/c1-14-8-9-2-3-11-7-12(13)5-4-10(11)6-9/h4-7,14H,2-3,8H2,1H3. The van der Waals surface area contributed by atoms with Gasteiger partial charge in [-0.25, -0.2) is 4.39 Å². The summed E-state index contributed by atoms with van der Waals surface area (Å²) >= 11 is 0. The fourth-order valence-corrected chi connectivity index (χ4v) is 1.89. The van der Waals surface area contributed by atoms with E-state index in [4.69, 9.17) is 0 Å². The molecule has 2 rings (SSSR count). The Hall–Kier alpha value is -1.15. The second kappa shape index (κ2) is 3.93. The number of likely N-dealkylation sites (N-methyl/N-ethyl adjacent to an activating group) is 1. The van der Waals surface area contributed by atoms with E-state index in [9.17, 15) is 4.39 Å². The van der Waals surface area contributed by atoms with Crippen LogP contribution in [0.2, 0.25) is 0 Å². The van der Waals surface area contributed by atoms with Gasteiger partial charge in [0.2, 0.25) is 0 Å². The van der Waals surface area contributed by atoms with Gasteiger partial charge in [0.25, 0.3) is 0 Å². The van der Waals surface area contributed by atoms with Gasteiger partial charge in [-0.15, -0.1) is 0 Å². The van der Waals surface area contributed by atoms with Crippen molar-refractivity contribution in [2.75, 3.05) is 13.6 Å². The lowest BCUT2D eigenvalue weighted by atomic mass is 9.92. The molecule has 1 aromatic rings. The molecule has 0 bridgehead atoms. The molecule has 1 N–H and O–H groups in total. The van der Waals surface area contributed by atoms with Gasteiger partial charge in [0.15, 0.2) is 0 Å². The Morgan fingerprint density at radius 3 is 3.00 bits per heavy atom. The molecule has 14 heavy (non-hydrogen) atoms. The second-order valence-electron chi connectivity index (χ2n) is 3.68. The normalized spacial score (nSPS) is 14.9. The van der Waals surface area contributed by atoms with E-state index in [0.29, 0.717) is 0 Å². The van der Waals surface area contributed by atoms with Gasteiger partial charge in [0.1, 0.15) is 5.82 Å². The van der Waals surface area contributed by atoms with E-state index in [2.05, 4.69) is 11.4 Å². The van der Waals surface area contributed by atoms with E-state index in [-0.39, 0.29) is 5.82 Å². The lowest BCUT2D eigenvalue weighted by molar-refractivity contribution is 0.624. The van der Waals surface area contributed by atoms with Crippen LogP contribution in [0.25, 0.3) is 6.08 Å². The monoisotopic (exact) mass is 191 g/mol. The van der Waals surface area contributed by atoms with E-state index in [1.807, 2.05) is 13.1 Å². The van der Waals surface area contributed by atoms with Crippen LogP contribution in [-0.2, 0) is 6.42 Å². The summed E-state index contributed by atoms with van der Waals surface area (Å²) in [5.41, 5.74) is 3.69. The zero-order chi connectivity index (χ0) is 9.97. The van der Waals surface area contributed by atoms with Crippen LogP contribution in [0.3, 0.4) is 0 Å². The molecule has 0 saturated heterocycles. The number of hydrogen-bond acceptors (Lipinski definition) is 1. The third-order valence-electron chi connectivity index (χ3n) is 2.58. The van der Waals surface area contributed by atoms with Crippen LogP contribution in [0.4, 0.5) is 4.39 Å². The fraction of sp³-hybridized carbons (Fsp3) is 0.333. The maximum absolute atomic E-state index is 12.9. The minimum Gasteiger partial charge on any atom is -0.316 e. The summed E-state index contributed by atoms with van der Waals surface area (Å²) in [7, 11) is 1.95. The lowest BCUT2D eigenvalue weighted by Gasteiger charge is -2.16. The Labute approximate surface area is 83.6 Å². The Morgan fingerprint density at radius 1 is 1.36 bits per heavy atom. The molecule has 0 spiro atoms. The van der Waals surface area contributed by atoms with E-state index in [1.165, 1.54) is 17.2 Å². The summed E-state index contributed by atoms with van der Waals surface area (Å²) in [6.45, 7) is 0.927. The molecular weight excluding hydrogens is 177 g/mol. The molecule has 0 amide bonds. The van der Waals surface area contributed by atoms with Crippen molar-refractivity contribution in [2.24, 2.45) is 0 Å². The Balaban J connectivity index is 2.30. The average Bonchev–Trinajstić information content (AvgIpc) is 2.19. The van der Waals surface area contributed by atoms with Crippen molar-refractivity contribution < 1.29 is 4.39 Å². The van der Waals surface area contributed by atoms with Crippen LogP contribution in [0.1, 0.15) is 17.5 Å². The number of benzene rings is 1. The molecule has 2 heteroatoms. The van der Waals surface area contributed by atoms with Gasteiger partial charge < -0.3 is 5.32 Å². The predicted molar refractivity (Wildman–Crippen MR) is 56.6 cm³/mol. The molecule has 1 aliphatic carbocycles. The molecule has 0 saturated carbocycles. The summed E-state index contributed by atoms with van der Waals surface area (Å²) < 4.78 is 12.9. The summed E-state index contributed by atoms with van der Waals surface area (Å²) in [5.74, 6) is -0.130. The van der Waals surface area contributed by atoms with Crippen molar-refractivity contribution in [1.82, 2.24) is 5.32 Å². The Morgan fingerprint density at radius 2 is 2.21 bits per heavy atom. The van der Waals surface area contributed by atoms with Crippen LogP contribution >= 0.6 is 0 Å². The first-order valence-electron chi connectivity index (χ1n) is 4.92. The summed E-state index contributed by atoms with van der Waals surface area (Å²) in [4.78, 5) is 0. The number of hydrogen-bond donors (Lipinski definition) is 1. The van der Waals surface area contributed by atoms with Crippen LogP contribution in [0, 0.1) is 5.82 Å². The van der Waals surface area contributed by atoms with Crippen molar-refractivity contribution in [1.29, 1.82) is 0 Å². The van der Waals surface area contributed by atoms with Crippen LogP contribution < -0.4 is 5.32 Å².